The van der Waals surface area contributed by atoms with Crippen LogP contribution in [0.2, 0.25) is 0 Å². The number of rotatable bonds is 1. The lowest BCUT2D eigenvalue weighted by atomic mass is 10.4. The van der Waals surface area contributed by atoms with E-state index in [9.17, 15) is 0 Å². The quantitative estimate of drug-likeness (QED) is 0.822. The van der Waals surface area contributed by atoms with E-state index in [1.807, 2.05) is 6.07 Å². The Kier molecular flexibility index (Phi) is 2.02. The van der Waals surface area contributed by atoms with E-state index in [2.05, 4.69) is 26.0 Å². The lowest BCUT2D eigenvalue weighted by Crippen LogP contribution is -2.02. The van der Waals surface area contributed by atoms with Gasteiger partial charge >= 0.3 is 0 Å². The van der Waals surface area contributed by atoms with Crippen molar-refractivity contribution in [3.05, 3.63) is 35.2 Å². The van der Waals surface area contributed by atoms with Crippen LogP contribution >= 0.6 is 15.9 Å². The minimum Gasteiger partial charge on any atom is -0.396 e. The van der Waals surface area contributed by atoms with E-state index in [0.29, 0.717) is 11.5 Å². The van der Waals surface area contributed by atoms with Gasteiger partial charge in [-0.1, -0.05) is 0 Å². The van der Waals surface area contributed by atoms with Crippen molar-refractivity contribution in [3.8, 4) is 5.82 Å². The van der Waals surface area contributed by atoms with E-state index < -0.39 is 0 Å². The van der Waals surface area contributed by atoms with Crippen molar-refractivity contribution in [1.29, 1.82) is 0 Å². The molecule has 0 fully saturated rings. The third kappa shape index (κ3) is 1.55. The third-order valence-electron chi connectivity index (χ3n) is 1.59. The number of nitrogens with two attached hydrogens (primary N) is 1. The maximum Gasteiger partial charge on any atom is 0.176 e. The predicted molar refractivity (Wildman–Crippen MR) is 53.5 cm³/mol. The van der Waals surface area contributed by atoms with Gasteiger partial charge in [0.25, 0.3) is 0 Å². The molecule has 0 aromatic carbocycles. The summed E-state index contributed by atoms with van der Waals surface area (Å²) in [5.74, 6) is 0.646. The molecule has 0 atom stereocenters. The molecular weight excluding hydrogens is 232 g/mol. The highest BCUT2D eigenvalue weighted by atomic mass is 79.9. The van der Waals surface area contributed by atoms with Crippen LogP contribution in [0.25, 0.3) is 5.82 Å². The first-order chi connectivity index (χ1) is 6.27. The molecule has 0 aliphatic rings. The molecule has 66 valence electrons. The van der Waals surface area contributed by atoms with Crippen molar-refractivity contribution in [2.45, 2.75) is 0 Å². The SMILES string of the molecule is Nc1cccnc1-n1ccc(Br)n1. The monoisotopic (exact) mass is 238 g/mol. The second-order valence-electron chi connectivity index (χ2n) is 2.50. The van der Waals surface area contributed by atoms with Gasteiger partial charge < -0.3 is 5.73 Å². The van der Waals surface area contributed by atoms with Crippen molar-refractivity contribution >= 4 is 21.6 Å². The summed E-state index contributed by atoms with van der Waals surface area (Å²) in [7, 11) is 0. The topological polar surface area (TPSA) is 56.7 Å². The summed E-state index contributed by atoms with van der Waals surface area (Å²) in [4.78, 5) is 4.12. The molecule has 0 aliphatic heterocycles. The molecule has 2 aromatic rings. The largest absolute Gasteiger partial charge is 0.396 e. The minimum absolute atomic E-state index is 0.609. The predicted octanol–water partition coefficient (Wildman–Crippen LogP) is 1.61. The molecule has 0 unspecified atom stereocenters. The summed E-state index contributed by atoms with van der Waals surface area (Å²) in [6.07, 6.45) is 3.48. The number of halogens is 1. The summed E-state index contributed by atoms with van der Waals surface area (Å²) < 4.78 is 2.39. The van der Waals surface area contributed by atoms with E-state index in [-0.39, 0.29) is 0 Å². The number of pyridine rings is 1. The van der Waals surface area contributed by atoms with Crippen LogP contribution in [0, 0.1) is 0 Å². The fourth-order valence-electron chi connectivity index (χ4n) is 1.02. The van der Waals surface area contributed by atoms with Crippen LogP contribution in [-0.2, 0) is 0 Å². The maximum absolute atomic E-state index is 5.72. The number of hydrogen-bond donors (Lipinski definition) is 1. The average Bonchev–Trinajstić information content (AvgIpc) is 2.53. The summed E-state index contributed by atoms with van der Waals surface area (Å²) in [5, 5.41) is 4.13. The Morgan fingerprint density at radius 1 is 1.38 bits per heavy atom. The van der Waals surface area contributed by atoms with Gasteiger partial charge in [-0.3, -0.25) is 0 Å². The van der Waals surface area contributed by atoms with E-state index in [1.54, 1.807) is 29.2 Å². The molecule has 0 saturated heterocycles. The molecule has 0 aliphatic carbocycles. The van der Waals surface area contributed by atoms with Crippen LogP contribution in [0.5, 0.6) is 0 Å². The number of nitrogen functional groups attached to an aromatic ring is 1. The Hall–Kier alpha value is -1.36. The Morgan fingerprint density at radius 2 is 2.23 bits per heavy atom. The van der Waals surface area contributed by atoms with E-state index in [0.717, 1.165) is 4.60 Å². The Morgan fingerprint density at radius 3 is 2.85 bits per heavy atom. The number of hydrogen-bond acceptors (Lipinski definition) is 3. The Balaban J connectivity index is 2.52. The summed E-state index contributed by atoms with van der Waals surface area (Å²) in [5.41, 5.74) is 6.33. The van der Waals surface area contributed by atoms with Gasteiger partial charge in [0, 0.05) is 12.4 Å². The first-order valence-electron chi connectivity index (χ1n) is 3.69. The van der Waals surface area contributed by atoms with E-state index in [1.165, 1.54) is 0 Å². The molecule has 0 amide bonds. The van der Waals surface area contributed by atoms with Crippen molar-refractivity contribution in [3.63, 3.8) is 0 Å². The van der Waals surface area contributed by atoms with Gasteiger partial charge in [-0.2, -0.15) is 5.10 Å². The molecule has 4 nitrogen and oxygen atoms in total. The van der Waals surface area contributed by atoms with Crippen LogP contribution in [0.4, 0.5) is 5.69 Å². The second-order valence-corrected chi connectivity index (χ2v) is 3.31. The summed E-state index contributed by atoms with van der Waals surface area (Å²) in [6, 6.07) is 5.41. The molecule has 0 radical (unpaired) electrons. The fraction of sp³-hybridized carbons (Fsp3) is 0. The fourth-order valence-corrected chi connectivity index (χ4v) is 1.31. The van der Waals surface area contributed by atoms with Gasteiger partial charge in [0.15, 0.2) is 5.82 Å². The lowest BCUT2D eigenvalue weighted by molar-refractivity contribution is 0.841. The van der Waals surface area contributed by atoms with Gasteiger partial charge in [0.1, 0.15) is 4.60 Å². The molecule has 13 heavy (non-hydrogen) atoms. The summed E-state index contributed by atoms with van der Waals surface area (Å²) in [6.45, 7) is 0. The highest BCUT2D eigenvalue weighted by molar-refractivity contribution is 9.10. The molecule has 0 saturated carbocycles. The van der Waals surface area contributed by atoms with Crippen LogP contribution in [0.1, 0.15) is 0 Å². The van der Waals surface area contributed by atoms with Crippen molar-refractivity contribution in [1.82, 2.24) is 14.8 Å². The standard InChI is InChI=1S/C8H7BrN4/c9-7-3-5-13(12-7)8-6(10)2-1-4-11-8/h1-5H,10H2. The molecule has 2 aromatic heterocycles. The van der Waals surface area contributed by atoms with Gasteiger partial charge in [-0.15, -0.1) is 0 Å². The smallest absolute Gasteiger partial charge is 0.176 e. The van der Waals surface area contributed by atoms with Gasteiger partial charge in [0.2, 0.25) is 0 Å². The second kappa shape index (κ2) is 3.18. The first kappa shape index (κ1) is 8.25. The van der Waals surface area contributed by atoms with Crippen LogP contribution < -0.4 is 5.73 Å². The highest BCUT2D eigenvalue weighted by Gasteiger charge is 2.02. The minimum atomic E-state index is 0.609. The zero-order chi connectivity index (χ0) is 9.26. The Labute approximate surface area is 83.5 Å². The zero-order valence-corrected chi connectivity index (χ0v) is 8.27. The number of anilines is 1. The van der Waals surface area contributed by atoms with Gasteiger partial charge in [-0.05, 0) is 34.1 Å². The number of aromatic nitrogens is 3. The van der Waals surface area contributed by atoms with Gasteiger partial charge in [-0.25, -0.2) is 9.67 Å². The van der Waals surface area contributed by atoms with Crippen molar-refractivity contribution in [2.24, 2.45) is 0 Å². The summed E-state index contributed by atoms with van der Waals surface area (Å²) >= 11 is 3.25. The van der Waals surface area contributed by atoms with E-state index >= 15 is 0 Å². The van der Waals surface area contributed by atoms with Crippen molar-refractivity contribution < 1.29 is 0 Å². The molecule has 2 rings (SSSR count). The molecular formula is C8H7BrN4. The van der Waals surface area contributed by atoms with Crippen LogP contribution in [0.3, 0.4) is 0 Å². The van der Waals surface area contributed by atoms with Gasteiger partial charge in [0.05, 0.1) is 5.69 Å². The molecule has 2 heterocycles. The molecule has 0 bridgehead atoms. The van der Waals surface area contributed by atoms with Crippen LogP contribution in [-0.4, -0.2) is 14.8 Å². The lowest BCUT2D eigenvalue weighted by Gasteiger charge is -2.02. The molecule has 5 heteroatoms. The molecule has 0 spiro atoms. The first-order valence-corrected chi connectivity index (χ1v) is 4.49. The van der Waals surface area contributed by atoms with E-state index in [4.69, 9.17) is 5.73 Å². The normalized spacial score (nSPS) is 10.2. The molecule has 2 N–H and O–H groups in total. The maximum atomic E-state index is 5.72. The number of nitrogens with zero attached hydrogens (tertiary/aromatic N) is 3. The van der Waals surface area contributed by atoms with Crippen molar-refractivity contribution in [2.75, 3.05) is 5.73 Å². The Bertz CT molecular complexity index is 424. The highest BCUT2D eigenvalue weighted by Crippen LogP contribution is 2.14. The third-order valence-corrected chi connectivity index (χ3v) is 2.01. The van der Waals surface area contributed by atoms with Crippen LogP contribution in [0.15, 0.2) is 35.2 Å². The average molecular weight is 239 g/mol. The zero-order valence-electron chi connectivity index (χ0n) is 6.68.